The van der Waals surface area contributed by atoms with Gasteiger partial charge in [-0.15, -0.1) is 0 Å². The van der Waals surface area contributed by atoms with Gasteiger partial charge in [0.2, 0.25) is 0 Å². The number of halogens is 1. The van der Waals surface area contributed by atoms with Crippen LogP contribution >= 0.6 is 0 Å². The number of aromatic hydroxyl groups is 1. The summed E-state index contributed by atoms with van der Waals surface area (Å²) < 4.78 is 13.6. The summed E-state index contributed by atoms with van der Waals surface area (Å²) in [6, 6.07) is 3.29. The molecule has 0 spiro atoms. The average Bonchev–Trinajstić information content (AvgIpc) is 2.70. The Morgan fingerprint density at radius 1 is 1.37 bits per heavy atom. The third-order valence-electron chi connectivity index (χ3n) is 3.40. The summed E-state index contributed by atoms with van der Waals surface area (Å²) >= 11 is 0. The molecule has 6 heteroatoms. The normalized spacial score (nSPS) is 22.5. The maximum absolute atomic E-state index is 13.6. The number of hydrogen-bond acceptors (Lipinski definition) is 3. The van der Waals surface area contributed by atoms with E-state index >= 15 is 0 Å². The maximum Gasteiger partial charge on any atom is 0.308 e. The molecule has 102 valence electrons. The smallest absolute Gasteiger partial charge is 0.308 e. The van der Waals surface area contributed by atoms with Crippen LogP contribution in [0.5, 0.6) is 5.75 Å². The van der Waals surface area contributed by atoms with Gasteiger partial charge in [-0.1, -0.05) is 6.92 Å². The molecule has 1 aliphatic rings. The number of hydrogen-bond donors (Lipinski definition) is 2. The van der Waals surface area contributed by atoms with Crippen LogP contribution in [0.15, 0.2) is 18.2 Å². The lowest BCUT2D eigenvalue weighted by molar-refractivity contribution is -0.142. The molecule has 0 radical (unpaired) electrons. The Hall–Kier alpha value is -2.11. The first-order valence-electron chi connectivity index (χ1n) is 5.90. The lowest BCUT2D eigenvalue weighted by atomic mass is 9.99. The molecule has 1 fully saturated rings. The highest BCUT2D eigenvalue weighted by molar-refractivity contribution is 5.95. The van der Waals surface area contributed by atoms with E-state index in [1.807, 2.05) is 0 Å². The Labute approximate surface area is 109 Å². The quantitative estimate of drug-likeness (QED) is 0.847. The summed E-state index contributed by atoms with van der Waals surface area (Å²) in [5.41, 5.74) is -0.156. The van der Waals surface area contributed by atoms with Crippen molar-refractivity contribution in [1.82, 2.24) is 4.90 Å². The molecule has 0 bridgehead atoms. The van der Waals surface area contributed by atoms with Crippen molar-refractivity contribution < 1.29 is 24.2 Å². The Morgan fingerprint density at radius 3 is 2.58 bits per heavy atom. The van der Waals surface area contributed by atoms with E-state index in [1.54, 1.807) is 6.92 Å². The molecule has 1 aromatic rings. The van der Waals surface area contributed by atoms with Crippen LogP contribution in [-0.4, -0.2) is 40.1 Å². The van der Waals surface area contributed by atoms with Gasteiger partial charge in [-0.2, -0.15) is 0 Å². The van der Waals surface area contributed by atoms with Gasteiger partial charge >= 0.3 is 5.97 Å². The topological polar surface area (TPSA) is 77.8 Å². The van der Waals surface area contributed by atoms with Crippen molar-refractivity contribution in [3.05, 3.63) is 29.6 Å². The molecule has 5 nitrogen and oxygen atoms in total. The first-order valence-corrected chi connectivity index (χ1v) is 5.90. The van der Waals surface area contributed by atoms with E-state index in [0.29, 0.717) is 0 Å². The van der Waals surface area contributed by atoms with Crippen LogP contribution in [0.3, 0.4) is 0 Å². The molecule has 2 rings (SSSR count). The molecule has 1 saturated heterocycles. The van der Waals surface area contributed by atoms with Crippen molar-refractivity contribution >= 4 is 11.9 Å². The third kappa shape index (κ3) is 2.52. The summed E-state index contributed by atoms with van der Waals surface area (Å²) in [4.78, 5) is 24.4. The zero-order valence-corrected chi connectivity index (χ0v) is 10.3. The van der Waals surface area contributed by atoms with Gasteiger partial charge in [0, 0.05) is 19.2 Å². The minimum atomic E-state index is -0.950. The number of benzene rings is 1. The molecule has 1 amide bonds. The second kappa shape index (κ2) is 4.87. The monoisotopic (exact) mass is 267 g/mol. The molecular formula is C13H14FNO4. The number of likely N-dealkylation sites (tertiary alicyclic amines) is 1. The Kier molecular flexibility index (Phi) is 3.42. The number of phenols is 1. The van der Waals surface area contributed by atoms with E-state index in [-0.39, 0.29) is 30.3 Å². The standard InChI is InChI=1S/C13H14FNO4/c1-7-5-15(6-10(7)13(18)19)12(17)9-3-2-8(16)4-11(9)14/h2-4,7,10,16H,5-6H2,1H3,(H,18,19). The van der Waals surface area contributed by atoms with Crippen molar-refractivity contribution in [3.8, 4) is 5.75 Å². The largest absolute Gasteiger partial charge is 0.508 e. The number of carboxylic acid groups (broad SMARTS) is 1. The van der Waals surface area contributed by atoms with Crippen LogP contribution in [0.25, 0.3) is 0 Å². The molecule has 0 aliphatic carbocycles. The maximum atomic E-state index is 13.6. The summed E-state index contributed by atoms with van der Waals surface area (Å²) in [7, 11) is 0. The average molecular weight is 267 g/mol. The summed E-state index contributed by atoms with van der Waals surface area (Å²) in [5.74, 6) is -3.35. The molecule has 1 heterocycles. The number of rotatable bonds is 2. The van der Waals surface area contributed by atoms with Crippen molar-refractivity contribution in [2.45, 2.75) is 6.92 Å². The fourth-order valence-corrected chi connectivity index (χ4v) is 2.30. The Balaban J connectivity index is 2.19. The third-order valence-corrected chi connectivity index (χ3v) is 3.40. The summed E-state index contributed by atoms with van der Waals surface area (Å²) in [6.45, 7) is 2.12. The van der Waals surface area contributed by atoms with E-state index in [1.165, 1.54) is 17.0 Å². The fraction of sp³-hybridized carbons (Fsp3) is 0.385. The highest BCUT2D eigenvalue weighted by Crippen LogP contribution is 2.26. The summed E-state index contributed by atoms with van der Waals surface area (Å²) in [5, 5.41) is 18.1. The van der Waals surface area contributed by atoms with Gasteiger partial charge in [-0.3, -0.25) is 9.59 Å². The SMILES string of the molecule is CC1CN(C(=O)c2ccc(O)cc2F)CC1C(=O)O. The molecule has 1 aliphatic heterocycles. The zero-order chi connectivity index (χ0) is 14.2. The first kappa shape index (κ1) is 13.3. The lowest BCUT2D eigenvalue weighted by Crippen LogP contribution is -2.30. The molecule has 0 aromatic heterocycles. The van der Waals surface area contributed by atoms with Gasteiger partial charge in [0.15, 0.2) is 0 Å². The highest BCUT2D eigenvalue weighted by atomic mass is 19.1. The van der Waals surface area contributed by atoms with Gasteiger partial charge in [-0.05, 0) is 18.1 Å². The number of carbonyl (C=O) groups excluding carboxylic acids is 1. The number of carbonyl (C=O) groups is 2. The summed E-state index contributed by atoms with van der Waals surface area (Å²) in [6.07, 6.45) is 0. The van der Waals surface area contributed by atoms with Crippen molar-refractivity contribution in [3.63, 3.8) is 0 Å². The number of carboxylic acids is 1. The van der Waals surface area contributed by atoms with Crippen LogP contribution in [0.2, 0.25) is 0 Å². The van der Waals surface area contributed by atoms with Crippen LogP contribution in [0, 0.1) is 17.7 Å². The van der Waals surface area contributed by atoms with Gasteiger partial charge in [0.25, 0.3) is 5.91 Å². The van der Waals surface area contributed by atoms with E-state index in [9.17, 15) is 14.0 Å². The Morgan fingerprint density at radius 2 is 2.05 bits per heavy atom. The molecule has 2 N–H and O–H groups in total. The van der Waals surface area contributed by atoms with Gasteiger partial charge < -0.3 is 15.1 Å². The predicted octanol–water partition coefficient (Wildman–Crippen LogP) is 1.32. The minimum absolute atomic E-state index is 0.0790. The molecule has 19 heavy (non-hydrogen) atoms. The molecular weight excluding hydrogens is 253 g/mol. The van der Waals surface area contributed by atoms with Crippen LogP contribution in [0.1, 0.15) is 17.3 Å². The van der Waals surface area contributed by atoms with Crippen molar-refractivity contribution in [2.24, 2.45) is 11.8 Å². The van der Waals surface area contributed by atoms with Crippen molar-refractivity contribution in [2.75, 3.05) is 13.1 Å². The van der Waals surface area contributed by atoms with E-state index < -0.39 is 23.6 Å². The second-order valence-electron chi connectivity index (χ2n) is 4.80. The van der Waals surface area contributed by atoms with E-state index in [4.69, 9.17) is 10.2 Å². The fourth-order valence-electron chi connectivity index (χ4n) is 2.30. The number of amides is 1. The van der Waals surface area contributed by atoms with Crippen LogP contribution in [-0.2, 0) is 4.79 Å². The molecule has 2 atom stereocenters. The van der Waals surface area contributed by atoms with Crippen LogP contribution in [0.4, 0.5) is 4.39 Å². The predicted molar refractivity (Wildman–Crippen MR) is 64.3 cm³/mol. The van der Waals surface area contributed by atoms with Gasteiger partial charge in [-0.25, -0.2) is 4.39 Å². The second-order valence-corrected chi connectivity index (χ2v) is 4.80. The first-order chi connectivity index (χ1) is 8.90. The van der Waals surface area contributed by atoms with Gasteiger partial charge in [0.1, 0.15) is 11.6 Å². The molecule has 0 saturated carbocycles. The number of nitrogens with zero attached hydrogens (tertiary/aromatic N) is 1. The number of aliphatic carboxylic acids is 1. The minimum Gasteiger partial charge on any atom is -0.508 e. The Bertz CT molecular complexity index is 531. The zero-order valence-electron chi connectivity index (χ0n) is 10.3. The molecule has 1 aromatic carbocycles. The number of phenolic OH excluding ortho intramolecular Hbond substituents is 1. The van der Waals surface area contributed by atoms with E-state index in [2.05, 4.69) is 0 Å². The van der Waals surface area contributed by atoms with Gasteiger partial charge in [0.05, 0.1) is 11.5 Å². The van der Waals surface area contributed by atoms with Crippen LogP contribution < -0.4 is 0 Å². The molecule has 2 unspecified atom stereocenters. The highest BCUT2D eigenvalue weighted by Gasteiger charge is 2.37. The van der Waals surface area contributed by atoms with E-state index in [0.717, 1.165) is 6.07 Å². The van der Waals surface area contributed by atoms with Crippen molar-refractivity contribution in [1.29, 1.82) is 0 Å². The lowest BCUT2D eigenvalue weighted by Gasteiger charge is -2.16.